The highest BCUT2D eigenvalue weighted by atomic mass is 16.6. The van der Waals surface area contributed by atoms with Crippen LogP contribution < -0.4 is 14.8 Å². The van der Waals surface area contributed by atoms with Crippen LogP contribution in [0.25, 0.3) is 11.4 Å². The van der Waals surface area contributed by atoms with E-state index in [1.807, 2.05) is 31.2 Å². The van der Waals surface area contributed by atoms with Crippen LogP contribution in [0.4, 0.5) is 5.69 Å². The van der Waals surface area contributed by atoms with Crippen molar-refractivity contribution in [1.82, 2.24) is 10.1 Å². The van der Waals surface area contributed by atoms with Crippen molar-refractivity contribution in [3.8, 4) is 22.9 Å². The van der Waals surface area contributed by atoms with Crippen molar-refractivity contribution < 1.29 is 18.8 Å². The fourth-order valence-electron chi connectivity index (χ4n) is 2.82. The van der Waals surface area contributed by atoms with Gasteiger partial charge in [-0.05, 0) is 25.1 Å². The summed E-state index contributed by atoms with van der Waals surface area (Å²) in [6.07, 6.45) is 0.610. The van der Waals surface area contributed by atoms with E-state index < -0.39 is 0 Å². The first kappa shape index (κ1) is 17.1. The number of nitrogens with zero attached hydrogens (tertiary/aromatic N) is 2. The van der Waals surface area contributed by atoms with Crippen LogP contribution in [-0.2, 0) is 11.2 Å². The van der Waals surface area contributed by atoms with Gasteiger partial charge in [0.25, 0.3) is 0 Å². The van der Waals surface area contributed by atoms with Crippen molar-refractivity contribution in [3.63, 3.8) is 0 Å². The Morgan fingerprint density at radius 2 is 1.96 bits per heavy atom. The summed E-state index contributed by atoms with van der Waals surface area (Å²) in [7, 11) is 0. The Kier molecular flexibility index (Phi) is 4.74. The summed E-state index contributed by atoms with van der Waals surface area (Å²) < 4.78 is 16.2. The highest BCUT2D eigenvalue weighted by Gasteiger charge is 2.14. The third-order valence-corrected chi connectivity index (χ3v) is 4.14. The minimum Gasteiger partial charge on any atom is -0.486 e. The molecule has 0 saturated carbocycles. The van der Waals surface area contributed by atoms with E-state index >= 15 is 0 Å². The second kappa shape index (κ2) is 7.49. The zero-order valence-corrected chi connectivity index (χ0v) is 14.9. The van der Waals surface area contributed by atoms with Crippen LogP contribution in [0.5, 0.6) is 11.5 Å². The van der Waals surface area contributed by atoms with Gasteiger partial charge in [-0.2, -0.15) is 4.98 Å². The third-order valence-electron chi connectivity index (χ3n) is 4.14. The molecule has 1 amide bonds. The van der Waals surface area contributed by atoms with Gasteiger partial charge in [0.1, 0.15) is 13.2 Å². The number of anilines is 1. The third kappa shape index (κ3) is 4.08. The predicted molar refractivity (Wildman–Crippen MR) is 98.9 cm³/mol. The fraction of sp³-hybridized carbons (Fsp3) is 0.250. The number of hydrogen-bond acceptors (Lipinski definition) is 6. The molecule has 0 unspecified atom stereocenters. The molecule has 4 rings (SSSR count). The molecule has 3 aromatic rings. The molecule has 27 heavy (non-hydrogen) atoms. The molecule has 0 saturated heterocycles. The normalized spacial score (nSPS) is 12.6. The zero-order chi connectivity index (χ0) is 18.6. The van der Waals surface area contributed by atoms with E-state index in [9.17, 15) is 4.79 Å². The molecule has 1 N–H and O–H groups in total. The average Bonchev–Trinajstić information content (AvgIpc) is 3.15. The maximum Gasteiger partial charge on any atom is 0.227 e. The van der Waals surface area contributed by atoms with Gasteiger partial charge in [-0.25, -0.2) is 0 Å². The summed E-state index contributed by atoms with van der Waals surface area (Å²) in [5, 5.41) is 6.83. The molecular weight excluding hydrogens is 346 g/mol. The number of rotatable bonds is 5. The Labute approximate surface area is 156 Å². The number of aryl methyl sites for hydroxylation is 2. The van der Waals surface area contributed by atoms with Gasteiger partial charge in [0.05, 0.1) is 0 Å². The first-order chi connectivity index (χ1) is 13.2. The lowest BCUT2D eigenvalue weighted by atomic mass is 10.1. The van der Waals surface area contributed by atoms with Gasteiger partial charge < -0.3 is 19.3 Å². The number of aromatic nitrogens is 2. The Hall–Kier alpha value is -3.35. The zero-order valence-electron chi connectivity index (χ0n) is 14.9. The van der Waals surface area contributed by atoms with Gasteiger partial charge in [-0.15, -0.1) is 0 Å². The summed E-state index contributed by atoms with van der Waals surface area (Å²) in [4.78, 5) is 16.6. The monoisotopic (exact) mass is 365 g/mol. The minimum atomic E-state index is -0.137. The highest BCUT2D eigenvalue weighted by molar-refractivity contribution is 5.91. The number of amides is 1. The highest BCUT2D eigenvalue weighted by Crippen LogP contribution is 2.32. The number of hydrogen-bond donors (Lipinski definition) is 1. The van der Waals surface area contributed by atoms with E-state index in [4.69, 9.17) is 14.0 Å². The molecule has 0 aliphatic carbocycles. The Bertz CT molecular complexity index is 967. The van der Waals surface area contributed by atoms with E-state index in [0.29, 0.717) is 48.5 Å². The standard InChI is InChI=1S/C20H19N3O4/c1-13-3-2-4-14(11-13)20-22-19(27-23-20)8-7-18(24)21-15-5-6-16-17(12-15)26-10-9-25-16/h2-6,11-12H,7-10H2,1H3,(H,21,24). The summed E-state index contributed by atoms with van der Waals surface area (Å²) in [5.74, 6) is 2.15. The molecule has 7 heteroatoms. The molecular formula is C20H19N3O4. The molecule has 2 heterocycles. The Morgan fingerprint density at radius 3 is 2.81 bits per heavy atom. The quantitative estimate of drug-likeness (QED) is 0.746. The molecule has 0 bridgehead atoms. The first-order valence-corrected chi connectivity index (χ1v) is 8.76. The summed E-state index contributed by atoms with van der Waals surface area (Å²) in [6.45, 7) is 3.05. The molecule has 2 aromatic carbocycles. The number of nitrogens with one attached hydrogen (secondary N) is 1. The maximum atomic E-state index is 12.2. The Balaban J connectivity index is 1.34. The molecule has 0 fully saturated rings. The van der Waals surface area contributed by atoms with Crippen LogP contribution in [0, 0.1) is 6.92 Å². The maximum absolute atomic E-state index is 12.2. The molecule has 0 spiro atoms. The largest absolute Gasteiger partial charge is 0.486 e. The fourth-order valence-corrected chi connectivity index (χ4v) is 2.82. The smallest absolute Gasteiger partial charge is 0.227 e. The van der Waals surface area contributed by atoms with Crippen molar-refractivity contribution in [2.45, 2.75) is 19.8 Å². The van der Waals surface area contributed by atoms with E-state index in [1.165, 1.54) is 0 Å². The summed E-state index contributed by atoms with van der Waals surface area (Å²) in [5.41, 5.74) is 2.68. The average molecular weight is 365 g/mol. The van der Waals surface area contributed by atoms with Crippen LogP contribution in [0.15, 0.2) is 47.0 Å². The lowest BCUT2D eigenvalue weighted by Crippen LogP contribution is -2.16. The molecule has 1 aliphatic heterocycles. The molecule has 1 aromatic heterocycles. The van der Waals surface area contributed by atoms with E-state index in [0.717, 1.165) is 11.1 Å². The van der Waals surface area contributed by atoms with Gasteiger partial charge in [0.2, 0.25) is 17.6 Å². The van der Waals surface area contributed by atoms with E-state index in [2.05, 4.69) is 15.5 Å². The first-order valence-electron chi connectivity index (χ1n) is 8.76. The van der Waals surface area contributed by atoms with Crippen molar-refractivity contribution in [2.24, 2.45) is 0 Å². The SMILES string of the molecule is Cc1cccc(-c2noc(CCC(=O)Nc3ccc4c(c3)OCCO4)n2)c1. The van der Waals surface area contributed by atoms with Gasteiger partial charge >= 0.3 is 0 Å². The van der Waals surface area contributed by atoms with Gasteiger partial charge in [0, 0.05) is 30.2 Å². The lowest BCUT2D eigenvalue weighted by Gasteiger charge is -2.18. The van der Waals surface area contributed by atoms with Crippen molar-refractivity contribution in [2.75, 3.05) is 18.5 Å². The van der Waals surface area contributed by atoms with Crippen LogP contribution in [-0.4, -0.2) is 29.3 Å². The number of carbonyl (C=O) groups excluding carboxylic acids is 1. The van der Waals surface area contributed by atoms with E-state index in [-0.39, 0.29) is 12.3 Å². The number of ether oxygens (including phenoxy) is 2. The second-order valence-corrected chi connectivity index (χ2v) is 6.29. The number of fused-ring (bicyclic) bond motifs is 1. The molecule has 7 nitrogen and oxygen atoms in total. The summed E-state index contributed by atoms with van der Waals surface area (Å²) >= 11 is 0. The molecule has 0 atom stereocenters. The van der Waals surface area contributed by atoms with Crippen LogP contribution >= 0.6 is 0 Å². The van der Waals surface area contributed by atoms with Crippen molar-refractivity contribution in [1.29, 1.82) is 0 Å². The molecule has 0 radical (unpaired) electrons. The Morgan fingerprint density at radius 1 is 1.11 bits per heavy atom. The predicted octanol–water partition coefficient (Wildman–Crippen LogP) is 3.39. The van der Waals surface area contributed by atoms with E-state index in [1.54, 1.807) is 18.2 Å². The van der Waals surface area contributed by atoms with Crippen molar-refractivity contribution in [3.05, 3.63) is 53.9 Å². The number of carbonyl (C=O) groups is 1. The molecule has 1 aliphatic rings. The second-order valence-electron chi connectivity index (χ2n) is 6.29. The van der Waals surface area contributed by atoms with Gasteiger partial charge in [-0.1, -0.05) is 28.9 Å². The van der Waals surface area contributed by atoms with Crippen LogP contribution in [0.3, 0.4) is 0 Å². The van der Waals surface area contributed by atoms with Crippen LogP contribution in [0.1, 0.15) is 17.9 Å². The van der Waals surface area contributed by atoms with Crippen LogP contribution in [0.2, 0.25) is 0 Å². The lowest BCUT2D eigenvalue weighted by molar-refractivity contribution is -0.116. The topological polar surface area (TPSA) is 86.5 Å². The van der Waals surface area contributed by atoms with Crippen molar-refractivity contribution >= 4 is 11.6 Å². The van der Waals surface area contributed by atoms with Gasteiger partial charge in [-0.3, -0.25) is 4.79 Å². The summed E-state index contributed by atoms with van der Waals surface area (Å²) in [6, 6.07) is 13.2. The number of benzene rings is 2. The van der Waals surface area contributed by atoms with Gasteiger partial charge in [0.15, 0.2) is 11.5 Å². The minimum absolute atomic E-state index is 0.137. The molecule has 138 valence electrons.